The molecule has 10 aromatic rings. The summed E-state index contributed by atoms with van der Waals surface area (Å²) >= 11 is 0. The number of H-pyrrole nitrogens is 1. The average molecular weight is 840 g/mol. The fraction of sp³-hybridized carbons (Fsp3) is 0.0769. The lowest BCUT2D eigenvalue weighted by Gasteiger charge is -2.16. The van der Waals surface area contributed by atoms with Crippen LogP contribution in [0.1, 0.15) is 36.8 Å². The Labute approximate surface area is 362 Å². The van der Waals surface area contributed by atoms with Gasteiger partial charge in [0.25, 0.3) is 0 Å². The summed E-state index contributed by atoms with van der Waals surface area (Å²) in [6.07, 6.45) is 17.8. The summed E-state index contributed by atoms with van der Waals surface area (Å²) in [4.78, 5) is 23.7. The van der Waals surface area contributed by atoms with Crippen LogP contribution in [-0.2, 0) is 10.1 Å². The van der Waals surface area contributed by atoms with Crippen LogP contribution in [0.5, 0.6) is 5.75 Å². The fourth-order valence-corrected chi connectivity index (χ4v) is 9.91. The summed E-state index contributed by atoms with van der Waals surface area (Å²) in [5, 5.41) is 4.44. The van der Waals surface area contributed by atoms with Gasteiger partial charge in [0.05, 0.1) is 33.1 Å². The zero-order valence-electron chi connectivity index (χ0n) is 33.8. The summed E-state index contributed by atoms with van der Waals surface area (Å²) in [7, 11) is -4.05. The molecule has 0 saturated heterocycles. The second kappa shape index (κ2) is 14.6. The highest BCUT2D eigenvalue weighted by atomic mass is 32.2. The topological polar surface area (TPSA) is 121 Å². The van der Waals surface area contributed by atoms with Gasteiger partial charge in [-0.1, -0.05) is 97.1 Å². The summed E-state index contributed by atoms with van der Waals surface area (Å²) in [6, 6.07) is 43.1. The standard InChI is InChI=1S/C52H37N7O3S/c60-63(61,62-37-18-8-3-9-19-37)38-28-29-43-44(30-38)54-49(53-43)35-24-26-36(27-25-35)58-45-22-12-10-20-39(45)41-32-48-42(31-47(41)58)40-21-11-13-23-46(40)59(48)52-56-50(33-14-4-1-5-15-33)55-51(57-52)34-16-6-2-7-17-34/h1,3-6,8-14,16-33H,2,7,15H2,(H,53,54). The molecule has 0 saturated carbocycles. The van der Waals surface area contributed by atoms with Crippen LogP contribution in [0.3, 0.4) is 0 Å². The molecule has 1 N–H and O–H groups in total. The van der Waals surface area contributed by atoms with Gasteiger partial charge in [-0.3, -0.25) is 4.57 Å². The van der Waals surface area contributed by atoms with Crippen molar-refractivity contribution < 1.29 is 12.6 Å². The van der Waals surface area contributed by atoms with Gasteiger partial charge in [-0.05, 0) is 98.1 Å². The highest BCUT2D eigenvalue weighted by Gasteiger charge is 2.24. The van der Waals surface area contributed by atoms with Crippen molar-refractivity contribution in [2.24, 2.45) is 0 Å². The Morgan fingerprint density at radius 1 is 0.635 bits per heavy atom. The maximum atomic E-state index is 13.1. The molecule has 304 valence electrons. The molecule has 4 heterocycles. The van der Waals surface area contributed by atoms with Gasteiger partial charge < -0.3 is 13.7 Å². The smallest absolute Gasteiger partial charge is 0.339 e. The molecular formula is C52H37N7O3S. The number of hydrogen-bond donors (Lipinski definition) is 1. The molecule has 1 unspecified atom stereocenters. The Morgan fingerprint density at radius 2 is 1.37 bits per heavy atom. The molecule has 2 aliphatic rings. The molecule has 0 fully saturated rings. The maximum Gasteiger partial charge on any atom is 0.339 e. The molecule has 6 aromatic carbocycles. The first-order valence-electron chi connectivity index (χ1n) is 21.0. The van der Waals surface area contributed by atoms with Crippen LogP contribution in [0.25, 0.3) is 83.2 Å². The van der Waals surface area contributed by atoms with Gasteiger partial charge in [0.15, 0.2) is 5.82 Å². The average Bonchev–Trinajstić information content (AvgIpc) is 4.01. The first-order chi connectivity index (χ1) is 30.9. The minimum atomic E-state index is -4.05. The summed E-state index contributed by atoms with van der Waals surface area (Å²) in [6.45, 7) is 0. The van der Waals surface area contributed by atoms with Gasteiger partial charge in [0.1, 0.15) is 22.3 Å². The molecule has 12 rings (SSSR count). The lowest BCUT2D eigenvalue weighted by Crippen LogP contribution is -2.12. The van der Waals surface area contributed by atoms with Crippen molar-refractivity contribution in [2.45, 2.75) is 30.1 Å². The molecule has 0 radical (unpaired) electrons. The Morgan fingerprint density at radius 3 is 2.10 bits per heavy atom. The van der Waals surface area contributed by atoms with Crippen LogP contribution >= 0.6 is 0 Å². The van der Waals surface area contributed by atoms with Gasteiger partial charge in [0, 0.05) is 44.3 Å². The molecule has 0 bridgehead atoms. The second-order valence-corrected chi connectivity index (χ2v) is 17.4. The van der Waals surface area contributed by atoms with E-state index in [1.807, 2.05) is 12.1 Å². The number of allylic oxidation sites excluding steroid dienone is 8. The zero-order chi connectivity index (χ0) is 42.1. The Balaban J connectivity index is 0.971. The van der Waals surface area contributed by atoms with E-state index in [0.717, 1.165) is 85.5 Å². The number of nitrogens with zero attached hydrogens (tertiary/aromatic N) is 6. The van der Waals surface area contributed by atoms with Crippen LogP contribution in [0.15, 0.2) is 181 Å². The Bertz CT molecular complexity index is 3710. The van der Waals surface area contributed by atoms with E-state index in [0.29, 0.717) is 28.6 Å². The molecular weight excluding hydrogens is 803 g/mol. The molecule has 0 spiro atoms. The molecule has 0 amide bonds. The number of aromatic amines is 1. The Kier molecular flexibility index (Phi) is 8.58. The summed E-state index contributed by atoms with van der Waals surface area (Å²) < 4.78 is 36.1. The Hall–Kier alpha value is -7.89. The third kappa shape index (κ3) is 6.35. The molecule has 2 aliphatic carbocycles. The van der Waals surface area contributed by atoms with Crippen molar-refractivity contribution in [1.82, 2.24) is 34.1 Å². The monoisotopic (exact) mass is 839 g/mol. The molecule has 0 aliphatic heterocycles. The van der Waals surface area contributed by atoms with Crippen LogP contribution in [0.4, 0.5) is 0 Å². The summed E-state index contributed by atoms with van der Waals surface area (Å²) in [5.74, 6) is 2.98. The van der Waals surface area contributed by atoms with Gasteiger partial charge in [0.2, 0.25) is 5.95 Å². The van der Waals surface area contributed by atoms with Crippen molar-refractivity contribution in [1.29, 1.82) is 0 Å². The number of rotatable bonds is 8. The number of hydrogen-bond acceptors (Lipinski definition) is 7. The number of nitrogens with one attached hydrogen (secondary N) is 1. The number of imidazole rings is 1. The number of fused-ring (bicyclic) bond motifs is 7. The van der Waals surface area contributed by atoms with Gasteiger partial charge in [-0.25, -0.2) is 9.97 Å². The van der Waals surface area contributed by atoms with E-state index in [2.05, 4.69) is 129 Å². The highest BCUT2D eigenvalue weighted by Crippen LogP contribution is 2.40. The van der Waals surface area contributed by atoms with Crippen LogP contribution in [0.2, 0.25) is 0 Å². The molecule has 4 aromatic heterocycles. The van der Waals surface area contributed by atoms with E-state index in [1.165, 1.54) is 6.07 Å². The van der Waals surface area contributed by atoms with Gasteiger partial charge in [-0.15, -0.1) is 0 Å². The minimum Gasteiger partial charge on any atom is -0.379 e. The highest BCUT2D eigenvalue weighted by molar-refractivity contribution is 7.87. The van der Waals surface area contributed by atoms with Crippen molar-refractivity contribution >= 4 is 70.3 Å². The van der Waals surface area contributed by atoms with Crippen molar-refractivity contribution in [2.75, 3.05) is 0 Å². The van der Waals surface area contributed by atoms with Crippen LogP contribution in [-0.4, -0.2) is 42.5 Å². The van der Waals surface area contributed by atoms with Crippen LogP contribution in [0, 0.1) is 0 Å². The number of para-hydroxylation sites is 3. The molecule has 10 nitrogen and oxygen atoms in total. The van der Waals surface area contributed by atoms with E-state index in [1.54, 1.807) is 42.5 Å². The predicted octanol–water partition coefficient (Wildman–Crippen LogP) is 11.7. The van der Waals surface area contributed by atoms with Crippen molar-refractivity contribution in [3.8, 4) is 28.8 Å². The third-order valence-corrected chi connectivity index (χ3v) is 13.2. The van der Waals surface area contributed by atoms with E-state index < -0.39 is 10.1 Å². The van der Waals surface area contributed by atoms with E-state index >= 15 is 0 Å². The van der Waals surface area contributed by atoms with E-state index in [9.17, 15) is 8.42 Å². The summed E-state index contributed by atoms with van der Waals surface area (Å²) in [5.41, 5.74) is 8.31. The van der Waals surface area contributed by atoms with Crippen molar-refractivity contribution in [3.05, 3.63) is 188 Å². The minimum absolute atomic E-state index is 0.0415. The molecule has 63 heavy (non-hydrogen) atoms. The first-order valence-corrected chi connectivity index (χ1v) is 22.4. The first kappa shape index (κ1) is 36.9. The largest absolute Gasteiger partial charge is 0.379 e. The molecule has 11 heteroatoms. The normalized spacial score (nSPS) is 15.3. The molecule has 1 atom stereocenters. The lowest BCUT2D eigenvalue weighted by molar-refractivity contribution is 0.486. The lowest BCUT2D eigenvalue weighted by atomic mass is 10.00. The van der Waals surface area contributed by atoms with Crippen molar-refractivity contribution in [3.63, 3.8) is 0 Å². The maximum absolute atomic E-state index is 13.1. The predicted molar refractivity (Wildman–Crippen MR) is 250 cm³/mol. The SMILES string of the molecule is O=S(=O)(Oc1ccccc1)c1ccc2nc(-c3ccc(-n4c5ccccc5c5cc6c(cc54)c4ccccc4n6-c4nc(C5=CCCC=C5)nc(C5C=CC=CC5)n4)cc3)[nH]c2c1. The van der Waals surface area contributed by atoms with Gasteiger partial charge in [-0.2, -0.15) is 18.4 Å². The zero-order valence-corrected chi connectivity index (χ0v) is 34.6. The number of aromatic nitrogens is 7. The fourth-order valence-electron chi connectivity index (χ4n) is 8.95. The van der Waals surface area contributed by atoms with E-state index in [-0.39, 0.29) is 16.6 Å². The van der Waals surface area contributed by atoms with E-state index in [4.69, 9.17) is 24.1 Å². The number of benzene rings is 6. The van der Waals surface area contributed by atoms with Gasteiger partial charge >= 0.3 is 10.1 Å². The van der Waals surface area contributed by atoms with Crippen LogP contribution < -0.4 is 4.18 Å². The quantitative estimate of drug-likeness (QED) is 0.151. The second-order valence-electron chi connectivity index (χ2n) is 15.9. The third-order valence-electron chi connectivity index (χ3n) is 12.0.